The lowest BCUT2D eigenvalue weighted by Gasteiger charge is -2.33. The second-order valence-electron chi connectivity index (χ2n) is 6.58. The zero-order valence-electron chi connectivity index (χ0n) is 14.6. The third-order valence-electron chi connectivity index (χ3n) is 4.96. The predicted molar refractivity (Wildman–Crippen MR) is 98.6 cm³/mol. The van der Waals surface area contributed by atoms with E-state index in [2.05, 4.69) is 54.6 Å². The Balaban J connectivity index is 1.66. The fourth-order valence-corrected chi connectivity index (χ4v) is 3.64. The molecule has 1 aliphatic rings. The van der Waals surface area contributed by atoms with Crippen LogP contribution in [-0.4, -0.2) is 30.3 Å². The van der Waals surface area contributed by atoms with E-state index in [9.17, 15) is 0 Å². The third-order valence-corrected chi connectivity index (χ3v) is 4.96. The summed E-state index contributed by atoms with van der Waals surface area (Å²) >= 11 is 0. The first-order chi connectivity index (χ1) is 13.3. The van der Waals surface area contributed by atoms with Crippen LogP contribution < -0.4 is 0 Å². The van der Waals surface area contributed by atoms with Crippen molar-refractivity contribution in [2.45, 2.75) is 18.8 Å². The van der Waals surface area contributed by atoms with E-state index in [1.807, 2.05) is 24.5 Å². The lowest BCUT2D eigenvalue weighted by Crippen LogP contribution is -2.30. The standard InChI is InChI=1S/C20H16N6O/c1-13-23-19(27-26-13)18-16-6-7-20(10-17(16)24-25-18,14-4-2-8-21-11-14)15-5-3-9-22-12-15/h2-9,11-12H,10H2,1H3,(H,24,25). The van der Waals surface area contributed by atoms with Gasteiger partial charge in [0.25, 0.3) is 5.89 Å². The van der Waals surface area contributed by atoms with Gasteiger partial charge >= 0.3 is 0 Å². The van der Waals surface area contributed by atoms with Crippen LogP contribution in [0.5, 0.6) is 0 Å². The third kappa shape index (κ3) is 2.47. The zero-order valence-corrected chi connectivity index (χ0v) is 14.6. The van der Waals surface area contributed by atoms with Gasteiger partial charge in [0, 0.05) is 47.9 Å². The average molecular weight is 356 g/mol. The highest BCUT2D eigenvalue weighted by atomic mass is 16.5. The fraction of sp³-hybridized carbons (Fsp3) is 0.150. The van der Waals surface area contributed by atoms with Crippen LogP contribution >= 0.6 is 0 Å². The molecule has 0 saturated heterocycles. The van der Waals surface area contributed by atoms with Gasteiger partial charge in [-0.3, -0.25) is 15.1 Å². The summed E-state index contributed by atoms with van der Waals surface area (Å²) in [6.45, 7) is 1.79. The Morgan fingerprint density at radius 3 is 2.41 bits per heavy atom. The molecule has 27 heavy (non-hydrogen) atoms. The Morgan fingerprint density at radius 1 is 1.07 bits per heavy atom. The fourth-order valence-electron chi connectivity index (χ4n) is 3.64. The van der Waals surface area contributed by atoms with Crippen molar-refractivity contribution in [1.29, 1.82) is 0 Å². The number of rotatable bonds is 3. The average Bonchev–Trinajstić information content (AvgIpc) is 3.34. The second-order valence-corrected chi connectivity index (χ2v) is 6.58. The highest BCUT2D eigenvalue weighted by Gasteiger charge is 2.37. The first kappa shape index (κ1) is 15.6. The van der Waals surface area contributed by atoms with Crippen LogP contribution in [0.25, 0.3) is 17.7 Å². The molecule has 0 radical (unpaired) electrons. The molecular formula is C20H16N6O. The smallest absolute Gasteiger partial charge is 0.279 e. The number of nitrogens with one attached hydrogen (secondary N) is 1. The van der Waals surface area contributed by atoms with Crippen molar-refractivity contribution in [2.24, 2.45) is 0 Å². The largest absolute Gasteiger partial charge is 0.332 e. The van der Waals surface area contributed by atoms with Gasteiger partial charge in [0.1, 0.15) is 0 Å². The molecule has 7 nitrogen and oxygen atoms in total. The summed E-state index contributed by atoms with van der Waals surface area (Å²) in [6, 6.07) is 8.09. The van der Waals surface area contributed by atoms with Crippen LogP contribution in [-0.2, 0) is 11.8 Å². The molecule has 1 N–H and O–H groups in total. The molecule has 7 heteroatoms. The minimum Gasteiger partial charge on any atom is -0.332 e. The van der Waals surface area contributed by atoms with Crippen molar-refractivity contribution in [1.82, 2.24) is 30.3 Å². The lowest BCUT2D eigenvalue weighted by atomic mass is 9.69. The Kier molecular flexibility index (Phi) is 3.46. The van der Waals surface area contributed by atoms with E-state index in [1.54, 1.807) is 19.3 Å². The van der Waals surface area contributed by atoms with Crippen LogP contribution in [0.3, 0.4) is 0 Å². The van der Waals surface area contributed by atoms with E-state index in [0.29, 0.717) is 23.8 Å². The topological polar surface area (TPSA) is 93.4 Å². The molecule has 0 aliphatic heterocycles. The quantitative estimate of drug-likeness (QED) is 0.606. The molecule has 5 rings (SSSR count). The van der Waals surface area contributed by atoms with Gasteiger partial charge in [-0.15, -0.1) is 0 Å². The number of hydrogen-bond acceptors (Lipinski definition) is 6. The first-order valence-electron chi connectivity index (χ1n) is 8.64. The minimum absolute atomic E-state index is 0.371. The Morgan fingerprint density at radius 2 is 1.81 bits per heavy atom. The molecule has 0 spiro atoms. The molecule has 0 saturated carbocycles. The van der Waals surface area contributed by atoms with Crippen molar-refractivity contribution in [2.75, 3.05) is 0 Å². The molecule has 0 bridgehead atoms. The molecule has 1 aliphatic carbocycles. The molecular weight excluding hydrogens is 340 g/mol. The molecule has 132 valence electrons. The van der Waals surface area contributed by atoms with Gasteiger partial charge in [-0.1, -0.05) is 29.4 Å². The summed E-state index contributed by atoms with van der Waals surface area (Å²) in [6.07, 6.45) is 12.3. The van der Waals surface area contributed by atoms with Gasteiger partial charge in [-0.05, 0) is 30.2 Å². The summed E-state index contributed by atoms with van der Waals surface area (Å²) in [5.74, 6) is 1.01. The molecule has 0 fully saturated rings. The maximum absolute atomic E-state index is 5.30. The molecule has 0 amide bonds. The number of pyridine rings is 2. The Bertz CT molecular complexity index is 1070. The van der Waals surface area contributed by atoms with Crippen LogP contribution in [0.15, 0.2) is 59.7 Å². The van der Waals surface area contributed by atoms with E-state index in [1.165, 1.54) is 0 Å². The summed E-state index contributed by atoms with van der Waals surface area (Å²) in [7, 11) is 0. The summed E-state index contributed by atoms with van der Waals surface area (Å²) in [5.41, 5.74) is 4.49. The van der Waals surface area contributed by atoms with E-state index >= 15 is 0 Å². The van der Waals surface area contributed by atoms with Crippen molar-refractivity contribution >= 4 is 6.08 Å². The normalized spacial score (nSPS) is 14.9. The van der Waals surface area contributed by atoms with Crippen LogP contribution in [0.1, 0.15) is 28.2 Å². The molecule has 4 heterocycles. The van der Waals surface area contributed by atoms with Gasteiger partial charge in [-0.2, -0.15) is 10.1 Å². The van der Waals surface area contributed by atoms with Gasteiger partial charge < -0.3 is 4.52 Å². The molecule has 4 aromatic heterocycles. The van der Waals surface area contributed by atoms with E-state index in [0.717, 1.165) is 22.4 Å². The van der Waals surface area contributed by atoms with E-state index in [4.69, 9.17) is 4.52 Å². The summed E-state index contributed by atoms with van der Waals surface area (Å²) in [5, 5.41) is 11.5. The number of allylic oxidation sites excluding steroid dienone is 1. The highest BCUT2D eigenvalue weighted by Crippen LogP contribution is 2.42. The number of fused-ring (bicyclic) bond motifs is 1. The van der Waals surface area contributed by atoms with Crippen molar-refractivity contribution in [3.63, 3.8) is 0 Å². The maximum atomic E-state index is 5.30. The van der Waals surface area contributed by atoms with Crippen molar-refractivity contribution < 1.29 is 4.52 Å². The zero-order chi connectivity index (χ0) is 18.3. The molecule has 0 unspecified atom stereocenters. The second kappa shape index (κ2) is 5.98. The van der Waals surface area contributed by atoms with Gasteiger partial charge in [0.15, 0.2) is 11.5 Å². The predicted octanol–water partition coefficient (Wildman–Crippen LogP) is 3.11. The van der Waals surface area contributed by atoms with E-state index in [-0.39, 0.29) is 5.41 Å². The summed E-state index contributed by atoms with van der Waals surface area (Å²) < 4.78 is 5.30. The lowest BCUT2D eigenvalue weighted by molar-refractivity contribution is 0.424. The molecule has 4 aromatic rings. The molecule has 0 aromatic carbocycles. The number of aromatic amines is 1. The van der Waals surface area contributed by atoms with Gasteiger partial charge in [-0.25, -0.2) is 0 Å². The number of H-pyrrole nitrogens is 1. The van der Waals surface area contributed by atoms with E-state index < -0.39 is 0 Å². The van der Waals surface area contributed by atoms with Crippen molar-refractivity contribution in [3.8, 4) is 11.6 Å². The Labute approximate surface area is 155 Å². The Hall–Kier alpha value is -3.61. The molecule has 0 atom stereocenters. The van der Waals surface area contributed by atoms with Crippen LogP contribution in [0.2, 0.25) is 0 Å². The SMILES string of the molecule is Cc1noc(-c2n[nH]c3c2C=CC(c2cccnc2)(c2cccnc2)C3)n1. The van der Waals surface area contributed by atoms with Crippen LogP contribution in [0, 0.1) is 6.92 Å². The minimum atomic E-state index is -0.371. The van der Waals surface area contributed by atoms with Crippen molar-refractivity contribution in [3.05, 3.63) is 83.3 Å². The number of hydrogen-bond donors (Lipinski definition) is 1. The monoisotopic (exact) mass is 356 g/mol. The maximum Gasteiger partial charge on any atom is 0.279 e. The number of nitrogens with zero attached hydrogens (tertiary/aromatic N) is 5. The highest BCUT2D eigenvalue weighted by molar-refractivity contribution is 5.72. The van der Waals surface area contributed by atoms with Gasteiger partial charge in [0.2, 0.25) is 0 Å². The van der Waals surface area contributed by atoms with Gasteiger partial charge in [0.05, 0.1) is 0 Å². The number of aryl methyl sites for hydroxylation is 1. The first-order valence-corrected chi connectivity index (χ1v) is 8.64. The number of aromatic nitrogens is 6. The van der Waals surface area contributed by atoms with Crippen LogP contribution in [0.4, 0.5) is 0 Å². The summed E-state index contributed by atoms with van der Waals surface area (Å²) in [4.78, 5) is 13.0.